The Morgan fingerprint density at radius 3 is 2.31 bits per heavy atom. The fraction of sp³-hybridized carbons (Fsp3) is 0.219. The van der Waals surface area contributed by atoms with E-state index in [1.165, 1.54) is 19.6 Å². The van der Waals surface area contributed by atoms with Crippen LogP contribution in [0, 0.1) is 0 Å². The predicted octanol–water partition coefficient (Wildman–Crippen LogP) is 4.95. The van der Waals surface area contributed by atoms with Gasteiger partial charge in [0.05, 0.1) is 29.6 Å². The molecule has 0 atom stereocenters. The Hall–Kier alpha value is -5.09. The molecule has 0 saturated carbocycles. The Bertz CT molecular complexity index is 1590. The van der Waals surface area contributed by atoms with Gasteiger partial charge in [-0.25, -0.2) is 4.79 Å². The third-order valence-electron chi connectivity index (χ3n) is 6.93. The number of benzene rings is 3. The number of nitrogens with zero attached hydrogens (tertiary/aromatic N) is 2. The second-order valence-corrected chi connectivity index (χ2v) is 10.1. The fourth-order valence-corrected chi connectivity index (χ4v) is 4.88. The molecule has 2 aliphatic rings. The molecule has 2 N–H and O–H groups in total. The molecule has 0 aromatic heterocycles. The average molecular weight is 569 g/mol. The Kier molecular flexibility index (Phi) is 8.26. The minimum atomic E-state index is -0.496. The molecule has 3 aromatic carbocycles. The molecule has 0 radical (unpaired) electrons. The molecule has 0 bridgehead atoms. The maximum absolute atomic E-state index is 13.4. The maximum atomic E-state index is 13.4. The van der Waals surface area contributed by atoms with Gasteiger partial charge in [-0.2, -0.15) is 0 Å². The molecule has 0 saturated heterocycles. The molecular formula is C32H32N4O6. The first-order chi connectivity index (χ1) is 20.2. The quantitative estimate of drug-likeness (QED) is 0.276. The number of rotatable bonds is 9. The van der Waals surface area contributed by atoms with E-state index in [-0.39, 0.29) is 11.8 Å². The van der Waals surface area contributed by atoms with Crippen molar-refractivity contribution in [1.29, 1.82) is 0 Å². The van der Waals surface area contributed by atoms with Gasteiger partial charge >= 0.3 is 5.97 Å². The number of anilines is 3. The van der Waals surface area contributed by atoms with E-state index in [0.717, 1.165) is 18.7 Å². The van der Waals surface area contributed by atoms with Gasteiger partial charge in [-0.3, -0.25) is 9.59 Å². The molecule has 216 valence electrons. The lowest BCUT2D eigenvalue weighted by molar-refractivity contribution is -0.116. The predicted molar refractivity (Wildman–Crippen MR) is 161 cm³/mol. The normalized spacial score (nSPS) is 14.3. The van der Waals surface area contributed by atoms with E-state index in [4.69, 9.17) is 14.2 Å². The van der Waals surface area contributed by atoms with Crippen molar-refractivity contribution in [1.82, 2.24) is 4.90 Å². The highest BCUT2D eigenvalue weighted by molar-refractivity contribution is 6.37. The summed E-state index contributed by atoms with van der Waals surface area (Å²) in [6, 6.07) is 17.8. The second kappa shape index (κ2) is 12.2. The molecule has 42 heavy (non-hydrogen) atoms. The van der Waals surface area contributed by atoms with Crippen LogP contribution in [-0.4, -0.2) is 57.0 Å². The van der Waals surface area contributed by atoms with Gasteiger partial charge in [-0.05, 0) is 81.7 Å². The number of amides is 2. The summed E-state index contributed by atoms with van der Waals surface area (Å²) in [7, 11) is 5.32. The van der Waals surface area contributed by atoms with Crippen LogP contribution in [-0.2, 0) is 14.3 Å². The first-order valence-electron chi connectivity index (χ1n) is 13.5. The smallest absolute Gasteiger partial charge is 0.337 e. The van der Waals surface area contributed by atoms with Gasteiger partial charge in [0, 0.05) is 36.0 Å². The standard InChI is InChI=1S/C32H32N4O6/c1-20(37)36(15-5-14-35(2)3)24-10-8-23(9-11-24)33-30(21-7-13-27-28(19-21)42-17-16-41-27)29-25-12-6-22(32(39)40-4)18-26(25)34-31(29)38/h6-13,16-19,33H,5,14-15H2,1-4H3,(H,34,38). The summed E-state index contributed by atoms with van der Waals surface area (Å²) in [6.45, 7) is 3.03. The van der Waals surface area contributed by atoms with E-state index in [1.807, 2.05) is 44.4 Å². The lowest BCUT2D eigenvalue weighted by Crippen LogP contribution is -2.31. The van der Waals surface area contributed by atoms with Crippen LogP contribution in [0.5, 0.6) is 11.5 Å². The van der Waals surface area contributed by atoms with Crippen molar-refractivity contribution in [2.45, 2.75) is 13.3 Å². The summed E-state index contributed by atoms with van der Waals surface area (Å²) < 4.78 is 16.0. The van der Waals surface area contributed by atoms with Gasteiger partial charge in [0.2, 0.25) is 5.91 Å². The summed E-state index contributed by atoms with van der Waals surface area (Å²) in [5.74, 6) is 0.189. The van der Waals surface area contributed by atoms with Crippen LogP contribution in [0.25, 0.3) is 11.3 Å². The summed E-state index contributed by atoms with van der Waals surface area (Å²) in [4.78, 5) is 41.7. The molecule has 0 unspecified atom stereocenters. The van der Waals surface area contributed by atoms with Crippen molar-refractivity contribution in [2.75, 3.05) is 49.8 Å². The number of carbonyl (C=O) groups is 3. The highest BCUT2D eigenvalue weighted by Crippen LogP contribution is 2.40. The molecule has 0 aliphatic carbocycles. The first kappa shape index (κ1) is 28.4. The van der Waals surface area contributed by atoms with Crippen LogP contribution in [0.3, 0.4) is 0 Å². The van der Waals surface area contributed by atoms with E-state index in [1.54, 1.807) is 42.2 Å². The number of ether oxygens (including phenoxy) is 3. The fourth-order valence-electron chi connectivity index (χ4n) is 4.88. The molecular weight excluding hydrogens is 536 g/mol. The van der Waals surface area contributed by atoms with E-state index >= 15 is 0 Å². The van der Waals surface area contributed by atoms with Gasteiger partial charge in [0.15, 0.2) is 11.5 Å². The highest BCUT2D eigenvalue weighted by atomic mass is 16.5. The molecule has 10 nitrogen and oxygen atoms in total. The minimum absolute atomic E-state index is 0.0341. The van der Waals surface area contributed by atoms with E-state index in [9.17, 15) is 14.4 Å². The summed E-state index contributed by atoms with van der Waals surface area (Å²) in [5.41, 5.74) is 4.56. The van der Waals surface area contributed by atoms with Crippen LogP contribution in [0.1, 0.15) is 34.8 Å². The third kappa shape index (κ3) is 5.98. The number of carbonyl (C=O) groups excluding carboxylic acids is 3. The number of nitrogens with one attached hydrogen (secondary N) is 2. The number of hydrogen-bond acceptors (Lipinski definition) is 8. The Balaban J connectivity index is 1.53. The van der Waals surface area contributed by atoms with E-state index in [0.29, 0.717) is 57.4 Å². The number of hydrogen-bond donors (Lipinski definition) is 2. The molecule has 10 heteroatoms. The lowest BCUT2D eigenvalue weighted by atomic mass is 9.98. The van der Waals surface area contributed by atoms with E-state index < -0.39 is 5.97 Å². The molecule has 3 aromatic rings. The van der Waals surface area contributed by atoms with Gasteiger partial charge in [-0.1, -0.05) is 6.07 Å². The average Bonchev–Trinajstić information content (AvgIpc) is 3.32. The number of esters is 1. The molecule has 2 heterocycles. The minimum Gasteiger partial charge on any atom is -0.465 e. The van der Waals surface area contributed by atoms with Crippen LogP contribution in [0.15, 0.2) is 73.2 Å². The molecule has 0 spiro atoms. The maximum Gasteiger partial charge on any atom is 0.337 e. The summed E-state index contributed by atoms with van der Waals surface area (Å²) in [6.07, 6.45) is 3.73. The van der Waals surface area contributed by atoms with Gasteiger partial charge < -0.3 is 34.6 Å². The Morgan fingerprint density at radius 2 is 1.62 bits per heavy atom. The van der Waals surface area contributed by atoms with Crippen LogP contribution >= 0.6 is 0 Å². The molecule has 5 rings (SSSR count). The number of methoxy groups -OCH3 is 1. The number of fused-ring (bicyclic) bond motifs is 2. The zero-order chi connectivity index (χ0) is 29.8. The van der Waals surface area contributed by atoms with Gasteiger partial charge in [0.1, 0.15) is 12.5 Å². The van der Waals surface area contributed by atoms with Crippen LogP contribution in [0.2, 0.25) is 0 Å². The second-order valence-electron chi connectivity index (χ2n) is 10.1. The van der Waals surface area contributed by atoms with E-state index in [2.05, 4.69) is 15.5 Å². The van der Waals surface area contributed by atoms with Crippen molar-refractivity contribution in [3.05, 3.63) is 89.9 Å². The van der Waals surface area contributed by atoms with Crippen molar-refractivity contribution in [3.8, 4) is 11.5 Å². The largest absolute Gasteiger partial charge is 0.465 e. The zero-order valence-electron chi connectivity index (χ0n) is 23.9. The van der Waals surface area contributed by atoms with Crippen molar-refractivity contribution in [2.24, 2.45) is 0 Å². The van der Waals surface area contributed by atoms with Gasteiger partial charge in [0.25, 0.3) is 5.91 Å². The van der Waals surface area contributed by atoms with Gasteiger partial charge in [-0.15, -0.1) is 0 Å². The Morgan fingerprint density at radius 1 is 0.905 bits per heavy atom. The SMILES string of the molecule is COC(=O)c1ccc2c(c1)NC(=O)C2=C(Nc1ccc(N(CCCN(C)C)C(C)=O)cc1)c1ccc2c(c1)OC=CO2. The topological polar surface area (TPSA) is 109 Å². The Labute approximate surface area is 244 Å². The molecule has 0 fully saturated rings. The third-order valence-corrected chi connectivity index (χ3v) is 6.93. The summed E-state index contributed by atoms with van der Waals surface area (Å²) >= 11 is 0. The summed E-state index contributed by atoms with van der Waals surface area (Å²) in [5, 5.41) is 6.29. The highest BCUT2D eigenvalue weighted by Gasteiger charge is 2.30. The first-order valence-corrected chi connectivity index (χ1v) is 13.5. The van der Waals surface area contributed by atoms with Crippen LogP contribution < -0.4 is 25.0 Å². The molecule has 2 amide bonds. The van der Waals surface area contributed by atoms with Crippen LogP contribution in [0.4, 0.5) is 17.1 Å². The van der Waals surface area contributed by atoms with Crippen molar-refractivity contribution < 1.29 is 28.6 Å². The van der Waals surface area contributed by atoms with Crippen molar-refractivity contribution >= 4 is 46.1 Å². The monoisotopic (exact) mass is 568 g/mol. The zero-order valence-corrected chi connectivity index (χ0v) is 23.9. The van der Waals surface area contributed by atoms with Crippen molar-refractivity contribution in [3.63, 3.8) is 0 Å². The molecule has 2 aliphatic heterocycles. The lowest BCUT2D eigenvalue weighted by Gasteiger charge is -2.23.